The van der Waals surface area contributed by atoms with Crippen LogP contribution < -0.4 is 16.4 Å². The molecule has 0 saturated carbocycles. The van der Waals surface area contributed by atoms with E-state index in [1.807, 2.05) is 18.2 Å². The number of anilines is 1. The van der Waals surface area contributed by atoms with Crippen LogP contribution in [0.5, 0.6) is 0 Å². The number of amides is 1. The number of aryl methyl sites for hydroxylation is 2. The van der Waals surface area contributed by atoms with Gasteiger partial charge in [-0.2, -0.15) is 0 Å². The summed E-state index contributed by atoms with van der Waals surface area (Å²) >= 11 is 0. The highest BCUT2D eigenvalue weighted by molar-refractivity contribution is 5.94. The average Bonchev–Trinajstić information content (AvgIpc) is 2.67. The lowest BCUT2D eigenvalue weighted by Crippen LogP contribution is -2.24. The molecule has 4 N–H and O–H groups in total. The zero-order valence-electron chi connectivity index (χ0n) is 15.8. The number of nitrogens with two attached hydrogens (primary N) is 1. The van der Waals surface area contributed by atoms with Crippen molar-refractivity contribution < 1.29 is 4.79 Å². The van der Waals surface area contributed by atoms with Gasteiger partial charge in [0.1, 0.15) is 0 Å². The van der Waals surface area contributed by atoms with Gasteiger partial charge in [-0.25, -0.2) is 0 Å². The Morgan fingerprint density at radius 3 is 2.35 bits per heavy atom. The third-order valence-corrected chi connectivity index (χ3v) is 4.35. The van der Waals surface area contributed by atoms with Gasteiger partial charge in [0.25, 0.3) is 5.91 Å². The quantitative estimate of drug-likeness (QED) is 0.529. The highest BCUT2D eigenvalue weighted by Gasteiger charge is 2.07. The Bertz CT molecular complexity index is 761. The van der Waals surface area contributed by atoms with Crippen molar-refractivity contribution in [1.82, 2.24) is 5.32 Å². The van der Waals surface area contributed by atoms with Gasteiger partial charge in [-0.05, 0) is 48.1 Å². The van der Waals surface area contributed by atoms with Crippen molar-refractivity contribution in [3.05, 3.63) is 64.7 Å². The zero-order valence-corrected chi connectivity index (χ0v) is 15.8. The van der Waals surface area contributed by atoms with Crippen LogP contribution in [-0.2, 0) is 19.3 Å². The van der Waals surface area contributed by atoms with Gasteiger partial charge < -0.3 is 16.4 Å². The Labute approximate surface area is 155 Å². The van der Waals surface area contributed by atoms with E-state index in [0.717, 1.165) is 30.5 Å². The maximum Gasteiger partial charge on any atom is 0.251 e. The van der Waals surface area contributed by atoms with E-state index in [0.29, 0.717) is 18.1 Å². The fourth-order valence-electron chi connectivity index (χ4n) is 2.89. The second kappa shape index (κ2) is 9.61. The third kappa shape index (κ3) is 5.09. The Balaban J connectivity index is 2.03. The number of nitrogens with one attached hydrogen (secondary N) is 2. The summed E-state index contributed by atoms with van der Waals surface area (Å²) in [6, 6.07) is 13.9. The smallest absolute Gasteiger partial charge is 0.251 e. The molecule has 0 bridgehead atoms. The van der Waals surface area contributed by atoms with Crippen molar-refractivity contribution in [3.8, 4) is 0 Å². The molecule has 0 unspecified atom stereocenters. The molecule has 0 saturated heterocycles. The van der Waals surface area contributed by atoms with E-state index in [1.54, 1.807) is 13.1 Å². The van der Waals surface area contributed by atoms with Gasteiger partial charge in [-0.1, -0.05) is 44.2 Å². The van der Waals surface area contributed by atoms with Crippen LogP contribution >= 0.6 is 0 Å². The topological polar surface area (TPSA) is 79.5 Å². The van der Waals surface area contributed by atoms with Crippen LogP contribution in [0, 0.1) is 0 Å². The summed E-state index contributed by atoms with van der Waals surface area (Å²) in [6.07, 6.45) is 2.61. The van der Waals surface area contributed by atoms with Crippen LogP contribution in [0.2, 0.25) is 0 Å². The first kappa shape index (κ1) is 19.5. The number of carbonyl (C=O) groups is 1. The Kier molecular flexibility index (Phi) is 7.21. The van der Waals surface area contributed by atoms with E-state index >= 15 is 0 Å². The second-order valence-corrected chi connectivity index (χ2v) is 6.08. The standard InChI is InChI=1S/C21H28N4O/c1-4-16-9-7-10-17(5-2)19(16)25-21(22)24-13-12-15-8-6-11-18(14-15)20(26)23-3/h6-11,14H,4-5,12-13H2,1-3H3,(H,23,26)(H3,22,24,25). The van der Waals surface area contributed by atoms with Crippen LogP contribution in [0.15, 0.2) is 47.5 Å². The maximum absolute atomic E-state index is 11.7. The molecule has 0 aliphatic carbocycles. The van der Waals surface area contributed by atoms with E-state index in [1.165, 1.54) is 11.1 Å². The normalized spacial score (nSPS) is 11.3. The van der Waals surface area contributed by atoms with Gasteiger partial charge in [-0.3, -0.25) is 9.79 Å². The van der Waals surface area contributed by atoms with E-state index in [4.69, 9.17) is 5.73 Å². The molecule has 0 radical (unpaired) electrons. The van der Waals surface area contributed by atoms with Crippen LogP contribution in [0.1, 0.15) is 40.9 Å². The number of benzene rings is 2. The molecule has 0 heterocycles. The van der Waals surface area contributed by atoms with E-state index in [9.17, 15) is 4.79 Å². The van der Waals surface area contributed by atoms with Crippen molar-refractivity contribution in [3.63, 3.8) is 0 Å². The Hall–Kier alpha value is -2.82. The van der Waals surface area contributed by atoms with Crippen molar-refractivity contribution in [2.24, 2.45) is 10.7 Å². The largest absolute Gasteiger partial charge is 0.370 e. The first-order chi connectivity index (χ1) is 12.6. The van der Waals surface area contributed by atoms with Gasteiger partial charge >= 0.3 is 0 Å². The van der Waals surface area contributed by atoms with Crippen LogP contribution in [0.25, 0.3) is 0 Å². The summed E-state index contributed by atoms with van der Waals surface area (Å²) < 4.78 is 0. The molecule has 2 aromatic rings. The minimum absolute atomic E-state index is 0.0835. The van der Waals surface area contributed by atoms with Gasteiger partial charge in [-0.15, -0.1) is 0 Å². The highest BCUT2D eigenvalue weighted by atomic mass is 16.1. The lowest BCUT2D eigenvalue weighted by Gasteiger charge is -2.14. The van der Waals surface area contributed by atoms with Gasteiger partial charge in [0.2, 0.25) is 0 Å². The summed E-state index contributed by atoms with van der Waals surface area (Å²) in [6.45, 7) is 4.82. The Morgan fingerprint density at radius 1 is 1.08 bits per heavy atom. The molecule has 0 fully saturated rings. The minimum Gasteiger partial charge on any atom is -0.370 e. The molecular formula is C21H28N4O. The molecule has 2 aromatic carbocycles. The molecule has 26 heavy (non-hydrogen) atoms. The summed E-state index contributed by atoms with van der Waals surface area (Å²) in [5, 5.41) is 5.90. The highest BCUT2D eigenvalue weighted by Crippen LogP contribution is 2.22. The number of para-hydroxylation sites is 1. The molecule has 0 spiro atoms. The summed E-state index contributed by atoms with van der Waals surface area (Å²) in [7, 11) is 1.63. The van der Waals surface area contributed by atoms with E-state index < -0.39 is 0 Å². The molecule has 138 valence electrons. The minimum atomic E-state index is -0.0835. The molecule has 5 heteroatoms. The molecular weight excluding hydrogens is 324 g/mol. The number of rotatable bonds is 7. The van der Waals surface area contributed by atoms with Gasteiger partial charge in [0.15, 0.2) is 5.96 Å². The lowest BCUT2D eigenvalue weighted by atomic mass is 10.0. The van der Waals surface area contributed by atoms with Gasteiger partial charge in [0.05, 0.1) is 0 Å². The average molecular weight is 352 g/mol. The molecule has 2 rings (SSSR count). The SMILES string of the molecule is CCc1cccc(CC)c1NC(N)=NCCc1cccc(C(=O)NC)c1. The molecule has 0 aliphatic heterocycles. The molecule has 0 aromatic heterocycles. The zero-order chi connectivity index (χ0) is 18.9. The molecule has 0 aliphatic rings. The molecule has 0 atom stereocenters. The van der Waals surface area contributed by atoms with Crippen molar-refractivity contribution in [2.75, 3.05) is 18.9 Å². The van der Waals surface area contributed by atoms with Crippen molar-refractivity contribution in [2.45, 2.75) is 33.1 Å². The predicted molar refractivity (Wildman–Crippen MR) is 109 cm³/mol. The number of hydrogen-bond acceptors (Lipinski definition) is 2. The van der Waals surface area contributed by atoms with Crippen LogP contribution in [-0.4, -0.2) is 25.5 Å². The number of hydrogen-bond donors (Lipinski definition) is 3. The number of carbonyl (C=O) groups excluding carboxylic acids is 1. The number of aliphatic imine (C=N–C) groups is 1. The van der Waals surface area contributed by atoms with Crippen molar-refractivity contribution >= 4 is 17.6 Å². The first-order valence-electron chi connectivity index (χ1n) is 9.07. The summed E-state index contributed by atoms with van der Waals surface area (Å²) in [4.78, 5) is 16.1. The van der Waals surface area contributed by atoms with E-state index in [-0.39, 0.29) is 5.91 Å². The fourth-order valence-corrected chi connectivity index (χ4v) is 2.89. The molecule has 1 amide bonds. The van der Waals surface area contributed by atoms with E-state index in [2.05, 4.69) is 47.7 Å². The second-order valence-electron chi connectivity index (χ2n) is 6.08. The van der Waals surface area contributed by atoms with Gasteiger partial charge in [0, 0.05) is 24.8 Å². The van der Waals surface area contributed by atoms with Crippen LogP contribution in [0.4, 0.5) is 5.69 Å². The predicted octanol–water partition coefficient (Wildman–Crippen LogP) is 3.14. The number of nitrogens with zero attached hydrogens (tertiary/aromatic N) is 1. The first-order valence-corrected chi connectivity index (χ1v) is 9.07. The maximum atomic E-state index is 11.7. The Morgan fingerprint density at radius 2 is 1.73 bits per heavy atom. The van der Waals surface area contributed by atoms with Crippen LogP contribution in [0.3, 0.4) is 0 Å². The summed E-state index contributed by atoms with van der Waals surface area (Å²) in [5.74, 6) is 0.336. The fraction of sp³-hybridized carbons (Fsp3) is 0.333. The lowest BCUT2D eigenvalue weighted by molar-refractivity contribution is 0.0963. The van der Waals surface area contributed by atoms with Crippen molar-refractivity contribution in [1.29, 1.82) is 0 Å². The third-order valence-electron chi connectivity index (χ3n) is 4.35. The molecule has 5 nitrogen and oxygen atoms in total. The number of guanidine groups is 1. The monoisotopic (exact) mass is 352 g/mol. The summed E-state index contributed by atoms with van der Waals surface area (Å²) in [5.41, 5.74) is 11.4.